The number of benzene rings is 1. The quantitative estimate of drug-likeness (QED) is 0.783. The van der Waals surface area contributed by atoms with E-state index in [0.717, 1.165) is 17.8 Å². The van der Waals surface area contributed by atoms with Gasteiger partial charge in [-0.05, 0) is 19.4 Å². The molecule has 1 amide bonds. The van der Waals surface area contributed by atoms with Gasteiger partial charge in [-0.3, -0.25) is 9.48 Å². The molecular formula is C16H18N6O. The molecule has 0 aliphatic carbocycles. The summed E-state index contributed by atoms with van der Waals surface area (Å²) >= 11 is 0. The van der Waals surface area contributed by atoms with Crippen molar-refractivity contribution < 1.29 is 4.79 Å². The number of nitrogens with zero attached hydrogens (tertiary/aromatic N) is 5. The zero-order valence-corrected chi connectivity index (χ0v) is 13.1. The van der Waals surface area contributed by atoms with Gasteiger partial charge in [0.25, 0.3) is 5.91 Å². The summed E-state index contributed by atoms with van der Waals surface area (Å²) in [6, 6.07) is 9.94. The van der Waals surface area contributed by atoms with Gasteiger partial charge in [-0.2, -0.15) is 5.10 Å². The van der Waals surface area contributed by atoms with Crippen LogP contribution >= 0.6 is 0 Å². The van der Waals surface area contributed by atoms with Crippen molar-refractivity contribution in [2.45, 2.75) is 26.9 Å². The summed E-state index contributed by atoms with van der Waals surface area (Å²) in [7, 11) is 0. The second-order valence-corrected chi connectivity index (χ2v) is 5.21. The minimum Gasteiger partial charge on any atom is -0.318 e. The van der Waals surface area contributed by atoms with Crippen LogP contribution in [-0.4, -0.2) is 30.7 Å². The summed E-state index contributed by atoms with van der Waals surface area (Å²) in [5.74, 6) is -0.280. The number of aryl methyl sites for hydroxylation is 1. The lowest BCUT2D eigenvalue weighted by atomic mass is 10.2. The zero-order chi connectivity index (χ0) is 16.2. The van der Waals surface area contributed by atoms with Gasteiger partial charge in [0.05, 0.1) is 24.1 Å². The van der Waals surface area contributed by atoms with E-state index >= 15 is 0 Å². The van der Waals surface area contributed by atoms with Crippen LogP contribution in [0.5, 0.6) is 0 Å². The summed E-state index contributed by atoms with van der Waals surface area (Å²) in [4.78, 5) is 12.3. The standard InChI is InChI=1S/C16H18N6O/c1-3-21-11-14(9-17-21)18-16(23)15-12(2)22(20-19-15)10-13-7-5-4-6-8-13/h4-9,11H,3,10H2,1-2H3,(H,18,23). The molecule has 7 nitrogen and oxygen atoms in total. The van der Waals surface area contributed by atoms with E-state index in [2.05, 4.69) is 20.7 Å². The first-order valence-electron chi connectivity index (χ1n) is 7.45. The van der Waals surface area contributed by atoms with Crippen molar-refractivity contribution in [1.29, 1.82) is 0 Å². The molecule has 0 fully saturated rings. The Bertz CT molecular complexity index is 805. The highest BCUT2D eigenvalue weighted by atomic mass is 16.2. The molecule has 2 heterocycles. The van der Waals surface area contributed by atoms with Crippen molar-refractivity contribution in [2.75, 3.05) is 5.32 Å². The first-order chi connectivity index (χ1) is 11.2. The average molecular weight is 310 g/mol. The smallest absolute Gasteiger partial charge is 0.278 e. The van der Waals surface area contributed by atoms with E-state index in [0.29, 0.717) is 17.9 Å². The maximum atomic E-state index is 12.3. The van der Waals surface area contributed by atoms with Crippen LogP contribution < -0.4 is 5.32 Å². The summed E-state index contributed by atoms with van der Waals surface area (Å²) in [6.45, 7) is 5.16. The molecule has 0 bridgehead atoms. The number of hydrogen-bond donors (Lipinski definition) is 1. The Morgan fingerprint density at radius 1 is 1.26 bits per heavy atom. The number of nitrogens with one attached hydrogen (secondary N) is 1. The highest BCUT2D eigenvalue weighted by molar-refractivity contribution is 6.03. The van der Waals surface area contributed by atoms with Crippen molar-refractivity contribution in [1.82, 2.24) is 24.8 Å². The Labute approximate surface area is 133 Å². The Morgan fingerprint density at radius 2 is 2.04 bits per heavy atom. The van der Waals surface area contributed by atoms with Crippen LogP contribution in [0.1, 0.15) is 28.7 Å². The molecule has 0 aliphatic rings. The SMILES string of the molecule is CCn1cc(NC(=O)c2nnn(Cc3ccccc3)c2C)cn1. The Balaban J connectivity index is 1.74. The molecule has 1 aromatic carbocycles. The lowest BCUT2D eigenvalue weighted by Crippen LogP contribution is -2.14. The number of aromatic nitrogens is 5. The highest BCUT2D eigenvalue weighted by Gasteiger charge is 2.17. The summed E-state index contributed by atoms with van der Waals surface area (Å²) in [5.41, 5.74) is 2.81. The summed E-state index contributed by atoms with van der Waals surface area (Å²) in [6.07, 6.45) is 3.40. The van der Waals surface area contributed by atoms with Crippen molar-refractivity contribution >= 4 is 11.6 Å². The molecule has 1 N–H and O–H groups in total. The summed E-state index contributed by atoms with van der Waals surface area (Å²) in [5, 5.41) is 15.0. The van der Waals surface area contributed by atoms with Gasteiger partial charge in [-0.1, -0.05) is 35.5 Å². The van der Waals surface area contributed by atoms with Gasteiger partial charge in [0, 0.05) is 12.7 Å². The van der Waals surface area contributed by atoms with E-state index in [1.807, 2.05) is 44.2 Å². The van der Waals surface area contributed by atoms with E-state index < -0.39 is 0 Å². The number of amides is 1. The first kappa shape index (κ1) is 15.0. The normalized spacial score (nSPS) is 10.7. The van der Waals surface area contributed by atoms with Crippen molar-refractivity contribution in [3.05, 3.63) is 59.7 Å². The van der Waals surface area contributed by atoms with E-state index in [1.165, 1.54) is 0 Å². The molecule has 3 rings (SSSR count). The van der Waals surface area contributed by atoms with Gasteiger partial charge in [0.1, 0.15) is 0 Å². The van der Waals surface area contributed by atoms with Gasteiger partial charge in [-0.15, -0.1) is 5.10 Å². The van der Waals surface area contributed by atoms with Gasteiger partial charge in [0.2, 0.25) is 0 Å². The first-order valence-corrected chi connectivity index (χ1v) is 7.45. The van der Waals surface area contributed by atoms with Gasteiger partial charge >= 0.3 is 0 Å². The van der Waals surface area contributed by atoms with E-state index in [9.17, 15) is 4.79 Å². The molecule has 0 unspecified atom stereocenters. The van der Waals surface area contributed by atoms with Gasteiger partial charge in [0.15, 0.2) is 5.69 Å². The molecule has 7 heteroatoms. The molecule has 2 aromatic heterocycles. The number of rotatable bonds is 5. The molecule has 0 saturated heterocycles. The minimum atomic E-state index is -0.280. The fourth-order valence-electron chi connectivity index (χ4n) is 2.27. The zero-order valence-electron chi connectivity index (χ0n) is 13.1. The average Bonchev–Trinajstić information content (AvgIpc) is 3.16. The van der Waals surface area contributed by atoms with Crippen LogP contribution in [-0.2, 0) is 13.1 Å². The third-order valence-corrected chi connectivity index (χ3v) is 3.59. The fraction of sp³-hybridized carbons (Fsp3) is 0.250. The highest BCUT2D eigenvalue weighted by Crippen LogP contribution is 2.11. The van der Waals surface area contributed by atoms with Crippen molar-refractivity contribution in [3.63, 3.8) is 0 Å². The lowest BCUT2D eigenvalue weighted by molar-refractivity contribution is 0.102. The van der Waals surface area contributed by atoms with Crippen LogP contribution in [0.3, 0.4) is 0 Å². The largest absolute Gasteiger partial charge is 0.318 e. The number of carbonyl (C=O) groups is 1. The maximum Gasteiger partial charge on any atom is 0.278 e. The fourth-order valence-corrected chi connectivity index (χ4v) is 2.27. The third-order valence-electron chi connectivity index (χ3n) is 3.59. The number of hydrogen-bond acceptors (Lipinski definition) is 4. The van der Waals surface area contributed by atoms with Crippen LogP contribution in [0.25, 0.3) is 0 Å². The summed E-state index contributed by atoms with van der Waals surface area (Å²) < 4.78 is 3.47. The second kappa shape index (κ2) is 6.43. The third kappa shape index (κ3) is 3.28. The molecule has 0 aliphatic heterocycles. The molecule has 3 aromatic rings. The number of anilines is 1. The minimum absolute atomic E-state index is 0.280. The molecule has 0 spiro atoms. The molecule has 0 atom stereocenters. The maximum absolute atomic E-state index is 12.3. The predicted molar refractivity (Wildman–Crippen MR) is 86.2 cm³/mol. The van der Waals surface area contributed by atoms with Crippen molar-refractivity contribution in [2.24, 2.45) is 0 Å². The van der Waals surface area contributed by atoms with Crippen LogP contribution in [0.2, 0.25) is 0 Å². The van der Waals surface area contributed by atoms with Crippen LogP contribution in [0.15, 0.2) is 42.7 Å². The van der Waals surface area contributed by atoms with Gasteiger partial charge in [-0.25, -0.2) is 4.68 Å². The topological polar surface area (TPSA) is 77.6 Å². The number of carbonyl (C=O) groups excluding carboxylic acids is 1. The molecule has 23 heavy (non-hydrogen) atoms. The van der Waals surface area contributed by atoms with Crippen LogP contribution in [0, 0.1) is 6.92 Å². The van der Waals surface area contributed by atoms with E-state index in [4.69, 9.17) is 0 Å². The molecule has 0 saturated carbocycles. The Morgan fingerprint density at radius 3 is 2.74 bits per heavy atom. The molecule has 118 valence electrons. The Kier molecular flexibility index (Phi) is 4.18. The molecular weight excluding hydrogens is 292 g/mol. The van der Waals surface area contributed by atoms with E-state index in [1.54, 1.807) is 21.8 Å². The van der Waals surface area contributed by atoms with Gasteiger partial charge < -0.3 is 5.32 Å². The van der Waals surface area contributed by atoms with E-state index in [-0.39, 0.29) is 5.91 Å². The lowest BCUT2D eigenvalue weighted by Gasteiger charge is -2.04. The Hall–Kier alpha value is -2.96. The second-order valence-electron chi connectivity index (χ2n) is 5.21. The monoisotopic (exact) mass is 310 g/mol. The van der Waals surface area contributed by atoms with Crippen LogP contribution in [0.4, 0.5) is 5.69 Å². The molecule has 0 radical (unpaired) electrons. The predicted octanol–water partition coefficient (Wildman–Crippen LogP) is 2.10. The van der Waals surface area contributed by atoms with Crippen molar-refractivity contribution in [3.8, 4) is 0 Å².